The molecule has 1 aromatic heterocycles. The maximum Gasteiger partial charge on any atom is 0.416 e. The standard InChI is InChI=1S/C29H30F4N2O3/c30-22-13-19-10-12-35(17-18-5-7-21(8-6-18)29(31,32)33)26(19)24(14-22)27(38)34-23-9-11-28(15-23,16-25(36)37)20-3-1-2-4-20/h5-8,10,12-14,20,23H,1-4,9,11,15-17H2,(H,34,38)(H,36,37). The number of fused-ring (bicyclic) bond motifs is 1. The molecule has 5 nitrogen and oxygen atoms in total. The lowest BCUT2D eigenvalue weighted by atomic mass is 9.70. The van der Waals surface area contributed by atoms with E-state index >= 15 is 0 Å². The van der Waals surface area contributed by atoms with Gasteiger partial charge in [-0.25, -0.2) is 4.39 Å². The van der Waals surface area contributed by atoms with Crippen LogP contribution in [-0.4, -0.2) is 27.6 Å². The van der Waals surface area contributed by atoms with Gasteiger partial charge in [0, 0.05) is 24.2 Å². The topological polar surface area (TPSA) is 71.3 Å². The van der Waals surface area contributed by atoms with E-state index in [0.29, 0.717) is 35.2 Å². The highest BCUT2D eigenvalue weighted by atomic mass is 19.4. The Hall–Kier alpha value is -3.36. The van der Waals surface area contributed by atoms with Gasteiger partial charge < -0.3 is 15.0 Å². The molecule has 2 atom stereocenters. The maximum absolute atomic E-state index is 14.5. The van der Waals surface area contributed by atoms with Crippen LogP contribution >= 0.6 is 0 Å². The summed E-state index contributed by atoms with van der Waals surface area (Å²) >= 11 is 0. The van der Waals surface area contributed by atoms with Gasteiger partial charge >= 0.3 is 12.1 Å². The zero-order chi connectivity index (χ0) is 27.1. The largest absolute Gasteiger partial charge is 0.481 e. The Morgan fingerprint density at radius 1 is 1.05 bits per heavy atom. The lowest BCUT2D eigenvalue weighted by Gasteiger charge is -2.34. The van der Waals surface area contributed by atoms with Crippen molar-refractivity contribution in [3.63, 3.8) is 0 Å². The minimum absolute atomic E-state index is 0.0875. The first kappa shape index (κ1) is 26.3. The Balaban J connectivity index is 1.38. The van der Waals surface area contributed by atoms with Gasteiger partial charge in [-0.15, -0.1) is 0 Å². The third kappa shape index (κ3) is 5.28. The van der Waals surface area contributed by atoms with Crippen molar-refractivity contribution in [3.05, 3.63) is 71.2 Å². The molecule has 2 aliphatic rings. The third-order valence-corrected chi connectivity index (χ3v) is 8.41. The highest BCUT2D eigenvalue weighted by Gasteiger charge is 2.47. The predicted molar refractivity (Wildman–Crippen MR) is 134 cm³/mol. The summed E-state index contributed by atoms with van der Waals surface area (Å²) in [6.07, 6.45) is 3.54. The Morgan fingerprint density at radius 3 is 2.42 bits per heavy atom. The van der Waals surface area contributed by atoms with Crippen LogP contribution < -0.4 is 5.32 Å². The number of aliphatic carboxylic acids is 1. The fourth-order valence-electron chi connectivity index (χ4n) is 6.67. The van der Waals surface area contributed by atoms with Crippen LogP contribution in [0.25, 0.3) is 10.9 Å². The van der Waals surface area contributed by atoms with Crippen LogP contribution in [0.2, 0.25) is 0 Å². The Kier molecular flexibility index (Phi) is 6.96. The van der Waals surface area contributed by atoms with Crippen LogP contribution in [0.3, 0.4) is 0 Å². The van der Waals surface area contributed by atoms with Crippen molar-refractivity contribution in [2.45, 2.75) is 70.1 Å². The number of benzene rings is 2. The number of carbonyl (C=O) groups excluding carboxylic acids is 1. The molecule has 3 aromatic rings. The van der Waals surface area contributed by atoms with Gasteiger partial charge in [0.15, 0.2) is 0 Å². The number of amides is 1. The number of hydrogen-bond donors (Lipinski definition) is 2. The number of nitrogens with zero attached hydrogens (tertiary/aromatic N) is 1. The van der Waals surface area contributed by atoms with E-state index in [0.717, 1.165) is 44.2 Å². The molecule has 9 heteroatoms. The SMILES string of the molecule is O=C(O)CC1(C2CCCC2)CCC(NC(=O)c2cc(F)cc3ccn(Cc4ccc(C(F)(F)F)cc4)c23)C1. The highest BCUT2D eigenvalue weighted by molar-refractivity contribution is 6.06. The van der Waals surface area contributed by atoms with E-state index in [1.807, 2.05) is 0 Å². The molecule has 0 saturated heterocycles. The van der Waals surface area contributed by atoms with Crippen LogP contribution in [0.15, 0.2) is 48.7 Å². The van der Waals surface area contributed by atoms with E-state index in [2.05, 4.69) is 5.32 Å². The van der Waals surface area contributed by atoms with Gasteiger partial charge in [-0.05, 0) is 79.3 Å². The molecule has 2 aliphatic carbocycles. The molecule has 1 amide bonds. The van der Waals surface area contributed by atoms with Gasteiger partial charge in [-0.2, -0.15) is 13.2 Å². The molecule has 0 bridgehead atoms. The fourth-order valence-corrected chi connectivity index (χ4v) is 6.67. The van der Waals surface area contributed by atoms with Crippen molar-refractivity contribution < 1.29 is 32.3 Å². The van der Waals surface area contributed by atoms with Gasteiger partial charge in [-0.1, -0.05) is 25.0 Å². The van der Waals surface area contributed by atoms with E-state index in [1.165, 1.54) is 24.3 Å². The number of carboxylic acids is 1. The molecule has 202 valence electrons. The molecule has 0 radical (unpaired) electrons. The van der Waals surface area contributed by atoms with Crippen LogP contribution in [0.4, 0.5) is 17.6 Å². The first-order chi connectivity index (χ1) is 18.0. The van der Waals surface area contributed by atoms with Crippen molar-refractivity contribution in [3.8, 4) is 0 Å². The summed E-state index contributed by atoms with van der Waals surface area (Å²) in [7, 11) is 0. The lowest BCUT2D eigenvalue weighted by molar-refractivity contribution is -0.141. The lowest BCUT2D eigenvalue weighted by Crippen LogP contribution is -2.36. The summed E-state index contributed by atoms with van der Waals surface area (Å²) in [6, 6.07) is 8.78. The molecule has 0 aliphatic heterocycles. The van der Waals surface area contributed by atoms with E-state index in [1.54, 1.807) is 16.8 Å². The summed E-state index contributed by atoms with van der Waals surface area (Å²) in [6.45, 7) is 0.209. The second kappa shape index (κ2) is 10.1. The van der Waals surface area contributed by atoms with E-state index in [9.17, 15) is 32.3 Å². The number of hydrogen-bond acceptors (Lipinski definition) is 2. The molecule has 0 spiro atoms. The Bertz CT molecular complexity index is 1340. The van der Waals surface area contributed by atoms with Gasteiger partial charge in [-0.3, -0.25) is 9.59 Å². The summed E-state index contributed by atoms with van der Waals surface area (Å²) in [5, 5.41) is 13.1. The molecule has 2 unspecified atom stereocenters. The zero-order valence-electron chi connectivity index (χ0n) is 20.9. The first-order valence-electron chi connectivity index (χ1n) is 13.0. The third-order valence-electron chi connectivity index (χ3n) is 8.41. The quantitative estimate of drug-likeness (QED) is 0.331. The molecule has 1 heterocycles. The smallest absolute Gasteiger partial charge is 0.416 e. The number of alkyl halides is 3. The fraction of sp³-hybridized carbons (Fsp3) is 0.448. The number of rotatable bonds is 7. The Labute approximate surface area is 217 Å². The number of carbonyl (C=O) groups is 2. The number of nitrogens with one attached hydrogen (secondary N) is 1. The van der Waals surface area contributed by atoms with Gasteiger partial charge in [0.05, 0.1) is 23.1 Å². The van der Waals surface area contributed by atoms with E-state index in [-0.39, 0.29) is 30.0 Å². The maximum atomic E-state index is 14.5. The predicted octanol–water partition coefficient (Wildman–Crippen LogP) is 6.78. The normalized spacial score (nSPS) is 22.3. The molecular weight excluding hydrogens is 500 g/mol. The van der Waals surface area contributed by atoms with Crippen LogP contribution in [0, 0.1) is 17.2 Å². The second-order valence-corrected chi connectivity index (χ2v) is 10.9. The van der Waals surface area contributed by atoms with Crippen LogP contribution in [-0.2, 0) is 17.5 Å². The van der Waals surface area contributed by atoms with Gasteiger partial charge in [0.1, 0.15) is 5.82 Å². The minimum atomic E-state index is -4.43. The molecule has 2 fully saturated rings. The van der Waals surface area contributed by atoms with Crippen molar-refractivity contribution in [2.75, 3.05) is 0 Å². The molecule has 38 heavy (non-hydrogen) atoms. The summed E-state index contributed by atoms with van der Waals surface area (Å²) in [4.78, 5) is 25.1. The highest BCUT2D eigenvalue weighted by Crippen LogP contribution is 2.52. The van der Waals surface area contributed by atoms with E-state index in [4.69, 9.17) is 0 Å². The van der Waals surface area contributed by atoms with Crippen molar-refractivity contribution in [2.24, 2.45) is 11.3 Å². The van der Waals surface area contributed by atoms with Crippen molar-refractivity contribution in [1.29, 1.82) is 0 Å². The average Bonchev–Trinajstić information content (AvgIpc) is 3.60. The molecule has 5 rings (SSSR count). The second-order valence-electron chi connectivity index (χ2n) is 10.9. The monoisotopic (exact) mass is 530 g/mol. The van der Waals surface area contributed by atoms with Gasteiger partial charge in [0.2, 0.25) is 0 Å². The zero-order valence-corrected chi connectivity index (χ0v) is 20.9. The number of carboxylic acid groups (broad SMARTS) is 1. The minimum Gasteiger partial charge on any atom is -0.481 e. The van der Waals surface area contributed by atoms with Gasteiger partial charge in [0.25, 0.3) is 5.91 Å². The molecule has 2 saturated carbocycles. The summed E-state index contributed by atoms with van der Waals surface area (Å²) < 4.78 is 55.0. The summed E-state index contributed by atoms with van der Waals surface area (Å²) in [5.74, 6) is -1.49. The van der Waals surface area contributed by atoms with Crippen LogP contribution in [0.5, 0.6) is 0 Å². The van der Waals surface area contributed by atoms with Crippen molar-refractivity contribution in [1.82, 2.24) is 9.88 Å². The first-order valence-corrected chi connectivity index (χ1v) is 13.0. The van der Waals surface area contributed by atoms with Crippen LogP contribution in [0.1, 0.15) is 72.9 Å². The Morgan fingerprint density at radius 2 is 1.76 bits per heavy atom. The molecule has 2 N–H and O–H groups in total. The average molecular weight is 531 g/mol. The summed E-state index contributed by atoms with van der Waals surface area (Å²) in [5.41, 5.74) is 0.175. The number of halogens is 4. The molecule has 2 aromatic carbocycles. The number of aromatic nitrogens is 1. The van der Waals surface area contributed by atoms with E-state index < -0.39 is 29.4 Å². The molecular formula is C29H30F4N2O3. The van der Waals surface area contributed by atoms with Crippen molar-refractivity contribution >= 4 is 22.8 Å².